The topological polar surface area (TPSA) is 53.5 Å². The lowest BCUT2D eigenvalue weighted by Gasteiger charge is -2.22. The van der Waals surface area contributed by atoms with E-state index in [1.54, 1.807) is 0 Å². The highest BCUT2D eigenvalue weighted by atomic mass is 15.1. The quantitative estimate of drug-likeness (QED) is 0.167. The summed E-state index contributed by atoms with van der Waals surface area (Å²) < 4.78 is 7.21. The second-order valence-electron chi connectivity index (χ2n) is 18.4. The molecule has 0 aliphatic heterocycles. The molecule has 0 saturated heterocycles. The van der Waals surface area contributed by atoms with Gasteiger partial charge in [0.1, 0.15) is 5.82 Å². The lowest BCUT2D eigenvalue weighted by molar-refractivity contribution is 0.543. The van der Waals surface area contributed by atoms with Crippen LogP contribution in [-0.2, 0) is 5.41 Å². The van der Waals surface area contributed by atoms with Crippen molar-refractivity contribution in [2.24, 2.45) is 0 Å². The summed E-state index contributed by atoms with van der Waals surface area (Å²) >= 11 is 0. The average molecular weight is 861 g/mol. The Morgan fingerprint density at radius 3 is 1.39 bits per heavy atom. The van der Waals surface area contributed by atoms with Crippen LogP contribution in [0.25, 0.3) is 116 Å². The standard InChI is InChI=1S/C61H44N6/c1-61(2,3)60-63-58(62-59(64-60)47-31-20-30-41(39-21-6-4-7-22-39)57(47)67-52-34-17-10-25-42(52)43-26-11-18-35-53(43)67)46-29-14-19-36-54(46)66-51-33-16-13-28-45(51)49-37-48-44-27-12-15-32-50(44)65(55(48)38-56(49)66)40-23-8-5-9-24-40/h4-38H,1-3H3. The minimum atomic E-state index is -0.394. The van der Waals surface area contributed by atoms with Gasteiger partial charge in [-0.05, 0) is 72.3 Å². The molecule has 0 radical (unpaired) electrons. The third kappa shape index (κ3) is 6.06. The van der Waals surface area contributed by atoms with E-state index in [1.807, 2.05) is 0 Å². The van der Waals surface area contributed by atoms with Crippen LogP contribution in [0.3, 0.4) is 0 Å². The summed E-state index contributed by atoms with van der Waals surface area (Å²) in [5.74, 6) is 1.96. The molecule has 9 aromatic carbocycles. The Morgan fingerprint density at radius 2 is 0.776 bits per heavy atom. The molecule has 67 heavy (non-hydrogen) atoms. The lowest BCUT2D eigenvalue weighted by Crippen LogP contribution is -2.18. The number of hydrogen-bond acceptors (Lipinski definition) is 3. The highest BCUT2D eigenvalue weighted by Gasteiger charge is 2.27. The van der Waals surface area contributed by atoms with E-state index in [1.165, 1.54) is 37.8 Å². The van der Waals surface area contributed by atoms with Gasteiger partial charge in [-0.2, -0.15) is 0 Å². The Morgan fingerprint density at radius 1 is 0.328 bits per heavy atom. The summed E-state index contributed by atoms with van der Waals surface area (Å²) in [7, 11) is 0. The zero-order valence-electron chi connectivity index (χ0n) is 37.4. The lowest BCUT2D eigenvalue weighted by atomic mass is 9.95. The molecule has 318 valence electrons. The number of aromatic nitrogens is 6. The van der Waals surface area contributed by atoms with Crippen molar-refractivity contribution in [3.05, 3.63) is 218 Å². The third-order valence-electron chi connectivity index (χ3n) is 13.3. The Labute approximate surface area is 387 Å². The number of fused-ring (bicyclic) bond motifs is 9. The zero-order chi connectivity index (χ0) is 44.8. The summed E-state index contributed by atoms with van der Waals surface area (Å²) in [4.78, 5) is 16.4. The normalized spacial score (nSPS) is 12.1. The predicted molar refractivity (Wildman–Crippen MR) is 278 cm³/mol. The molecule has 0 aliphatic carbocycles. The molecule has 6 heteroatoms. The molecule has 4 heterocycles. The van der Waals surface area contributed by atoms with E-state index in [0.717, 1.165) is 72.7 Å². The van der Waals surface area contributed by atoms with Crippen molar-refractivity contribution in [3.8, 4) is 51.0 Å². The molecule has 0 spiro atoms. The van der Waals surface area contributed by atoms with E-state index in [0.29, 0.717) is 11.6 Å². The summed E-state index contributed by atoms with van der Waals surface area (Å²) in [6.45, 7) is 6.54. The van der Waals surface area contributed by atoms with Gasteiger partial charge in [0.15, 0.2) is 11.6 Å². The van der Waals surface area contributed by atoms with Crippen molar-refractivity contribution in [1.29, 1.82) is 0 Å². The first-order valence-corrected chi connectivity index (χ1v) is 23.0. The number of hydrogen-bond donors (Lipinski definition) is 0. The van der Waals surface area contributed by atoms with Gasteiger partial charge in [-0.15, -0.1) is 0 Å². The molecule has 0 N–H and O–H groups in total. The third-order valence-corrected chi connectivity index (χ3v) is 13.3. The molecule has 0 amide bonds. The number of nitrogens with zero attached hydrogens (tertiary/aromatic N) is 6. The van der Waals surface area contributed by atoms with Crippen LogP contribution in [0.4, 0.5) is 0 Å². The summed E-state index contributed by atoms with van der Waals surface area (Å²) in [5.41, 5.74) is 13.6. The SMILES string of the molecule is CC(C)(C)c1nc(-c2ccccc2-n2c3ccccc3c3cc4c5ccccc5n(-c5ccccc5)c4cc32)nc(-c2cccc(-c3ccccc3)c2-n2c3ccccc3c3ccccc32)n1. The fourth-order valence-corrected chi connectivity index (χ4v) is 10.3. The van der Waals surface area contributed by atoms with Crippen molar-refractivity contribution < 1.29 is 0 Å². The van der Waals surface area contributed by atoms with Crippen LogP contribution in [0, 0.1) is 0 Å². The van der Waals surface area contributed by atoms with Crippen LogP contribution in [-0.4, -0.2) is 28.7 Å². The fraction of sp³-hybridized carbons (Fsp3) is 0.0656. The van der Waals surface area contributed by atoms with Gasteiger partial charge in [-0.1, -0.05) is 166 Å². The predicted octanol–water partition coefficient (Wildman–Crippen LogP) is 15.5. The first kappa shape index (κ1) is 38.8. The average Bonchev–Trinajstić information content (AvgIpc) is 4.00. The van der Waals surface area contributed by atoms with Crippen molar-refractivity contribution in [2.75, 3.05) is 0 Å². The molecule has 0 bridgehead atoms. The van der Waals surface area contributed by atoms with Crippen LogP contribution in [0.5, 0.6) is 0 Å². The molecule has 4 aromatic heterocycles. The van der Waals surface area contributed by atoms with E-state index >= 15 is 0 Å². The smallest absolute Gasteiger partial charge is 0.165 e. The zero-order valence-corrected chi connectivity index (χ0v) is 37.4. The van der Waals surface area contributed by atoms with Gasteiger partial charge < -0.3 is 13.7 Å². The van der Waals surface area contributed by atoms with Crippen LogP contribution in [0.2, 0.25) is 0 Å². The van der Waals surface area contributed by atoms with Gasteiger partial charge >= 0.3 is 0 Å². The molecule has 6 nitrogen and oxygen atoms in total. The fourth-order valence-electron chi connectivity index (χ4n) is 10.3. The maximum atomic E-state index is 5.56. The van der Waals surface area contributed by atoms with Crippen LogP contribution in [0.15, 0.2) is 212 Å². The van der Waals surface area contributed by atoms with Gasteiger partial charge in [0, 0.05) is 60.1 Å². The van der Waals surface area contributed by atoms with Gasteiger partial charge in [-0.25, -0.2) is 15.0 Å². The van der Waals surface area contributed by atoms with Gasteiger partial charge in [0.2, 0.25) is 0 Å². The maximum absolute atomic E-state index is 5.56. The van der Waals surface area contributed by atoms with Crippen molar-refractivity contribution in [1.82, 2.24) is 28.7 Å². The van der Waals surface area contributed by atoms with Gasteiger partial charge in [-0.3, -0.25) is 0 Å². The van der Waals surface area contributed by atoms with Crippen molar-refractivity contribution in [2.45, 2.75) is 26.2 Å². The van der Waals surface area contributed by atoms with Gasteiger partial charge in [0.05, 0.1) is 44.5 Å². The molecular formula is C61H44N6. The minimum Gasteiger partial charge on any atom is -0.309 e. The van der Waals surface area contributed by atoms with Crippen molar-refractivity contribution >= 4 is 65.4 Å². The van der Waals surface area contributed by atoms with Crippen LogP contribution >= 0.6 is 0 Å². The summed E-state index contributed by atoms with van der Waals surface area (Å²) in [5, 5.41) is 7.21. The van der Waals surface area contributed by atoms with E-state index in [-0.39, 0.29) is 0 Å². The Kier molecular flexibility index (Phi) is 8.68. The molecule has 13 rings (SSSR count). The van der Waals surface area contributed by atoms with E-state index in [2.05, 4.69) is 247 Å². The van der Waals surface area contributed by atoms with Gasteiger partial charge in [0.25, 0.3) is 0 Å². The molecule has 0 aliphatic rings. The Hall–Kier alpha value is -8.61. The minimum absolute atomic E-state index is 0.394. The monoisotopic (exact) mass is 860 g/mol. The molecular weight excluding hydrogens is 817 g/mol. The van der Waals surface area contributed by atoms with E-state index in [9.17, 15) is 0 Å². The van der Waals surface area contributed by atoms with Crippen LogP contribution < -0.4 is 0 Å². The first-order chi connectivity index (χ1) is 32.9. The molecule has 0 saturated carbocycles. The number of benzene rings is 9. The second kappa shape index (κ2) is 15.0. The molecule has 0 atom stereocenters. The van der Waals surface area contributed by atoms with E-state index < -0.39 is 5.41 Å². The maximum Gasteiger partial charge on any atom is 0.165 e. The molecule has 13 aromatic rings. The van der Waals surface area contributed by atoms with Crippen LogP contribution in [0.1, 0.15) is 26.6 Å². The largest absolute Gasteiger partial charge is 0.309 e. The summed E-state index contributed by atoms with van der Waals surface area (Å²) in [6.07, 6.45) is 0. The second-order valence-corrected chi connectivity index (χ2v) is 18.4. The highest BCUT2D eigenvalue weighted by molar-refractivity contribution is 6.19. The molecule has 0 fully saturated rings. The highest BCUT2D eigenvalue weighted by Crippen LogP contribution is 2.44. The van der Waals surface area contributed by atoms with Crippen molar-refractivity contribution in [3.63, 3.8) is 0 Å². The Balaban J connectivity index is 1.09. The first-order valence-electron chi connectivity index (χ1n) is 23.0. The number of para-hydroxylation sites is 7. The summed E-state index contributed by atoms with van der Waals surface area (Å²) in [6, 6.07) is 76.1. The van der Waals surface area contributed by atoms with E-state index in [4.69, 9.17) is 15.0 Å². The molecule has 0 unspecified atom stereocenters. The number of rotatable bonds is 6. The Bertz CT molecular complexity index is 4020.